The first kappa shape index (κ1) is 18.5. The lowest BCUT2D eigenvalue weighted by Gasteiger charge is -2.35. The summed E-state index contributed by atoms with van der Waals surface area (Å²) in [6.45, 7) is 4.79. The molecule has 140 valence electrons. The molecule has 1 fully saturated rings. The van der Waals surface area contributed by atoms with Crippen LogP contribution in [0.5, 0.6) is 5.75 Å². The number of nitrogens with one attached hydrogen (secondary N) is 2. The van der Waals surface area contributed by atoms with Gasteiger partial charge in [0, 0.05) is 49.0 Å². The second-order valence-electron chi connectivity index (χ2n) is 6.42. The van der Waals surface area contributed by atoms with Crippen LogP contribution in [0.2, 0.25) is 0 Å². The Bertz CT molecular complexity index is 745. The number of rotatable bonds is 5. The number of hydrogen-bond acceptors (Lipinski definition) is 5. The first-order valence-corrected chi connectivity index (χ1v) is 9.77. The number of nitrogens with zero attached hydrogens (tertiary/aromatic N) is 3. The maximum atomic E-state index is 5.35. The van der Waals surface area contributed by atoms with Crippen molar-refractivity contribution in [3.63, 3.8) is 0 Å². The number of anilines is 1. The van der Waals surface area contributed by atoms with Crippen molar-refractivity contribution in [3.8, 4) is 5.75 Å². The van der Waals surface area contributed by atoms with Crippen molar-refractivity contribution >= 4 is 23.0 Å². The van der Waals surface area contributed by atoms with Crippen LogP contribution in [0.15, 0.2) is 35.5 Å². The van der Waals surface area contributed by atoms with Crippen LogP contribution in [-0.2, 0) is 6.54 Å². The molecule has 2 aromatic rings. The summed E-state index contributed by atoms with van der Waals surface area (Å²) in [5.74, 6) is 1.73. The first-order valence-electron chi connectivity index (χ1n) is 8.95. The minimum atomic E-state index is 0.360. The van der Waals surface area contributed by atoms with E-state index in [4.69, 9.17) is 4.74 Å². The number of aliphatic imine (C=N–C) groups is 1. The summed E-state index contributed by atoms with van der Waals surface area (Å²) in [6.07, 6.45) is 4.19. The van der Waals surface area contributed by atoms with E-state index in [0.717, 1.165) is 42.6 Å². The third-order valence-electron chi connectivity index (χ3n) is 4.48. The molecule has 1 aliphatic heterocycles. The maximum Gasteiger partial charge on any atom is 0.191 e. The molecule has 2 heterocycles. The van der Waals surface area contributed by atoms with Crippen LogP contribution in [-0.4, -0.2) is 44.2 Å². The number of methoxy groups -OCH3 is 1. The largest absolute Gasteiger partial charge is 0.497 e. The molecule has 3 rings (SSSR count). The van der Waals surface area contributed by atoms with Gasteiger partial charge in [-0.3, -0.25) is 4.99 Å². The predicted molar refractivity (Wildman–Crippen MR) is 108 cm³/mol. The third-order valence-corrected chi connectivity index (χ3v) is 5.39. The quantitative estimate of drug-likeness (QED) is 0.623. The number of benzene rings is 1. The average Bonchev–Trinajstić information content (AvgIpc) is 3.10. The van der Waals surface area contributed by atoms with Gasteiger partial charge in [-0.25, -0.2) is 4.98 Å². The zero-order valence-electron chi connectivity index (χ0n) is 15.7. The molecule has 2 N–H and O–H groups in total. The lowest BCUT2D eigenvalue weighted by molar-refractivity contribution is 0.414. The molecule has 1 aliphatic rings. The highest BCUT2D eigenvalue weighted by atomic mass is 32.1. The number of guanidine groups is 1. The molecular formula is C19H27N5OS. The molecular weight excluding hydrogens is 346 g/mol. The first-order chi connectivity index (χ1) is 12.7. The monoisotopic (exact) mass is 373 g/mol. The summed E-state index contributed by atoms with van der Waals surface area (Å²) >= 11 is 1.71. The number of aryl methyl sites for hydroxylation is 1. The van der Waals surface area contributed by atoms with Gasteiger partial charge < -0.3 is 20.3 Å². The van der Waals surface area contributed by atoms with Crippen LogP contribution in [0.3, 0.4) is 0 Å². The topological polar surface area (TPSA) is 61.8 Å². The lowest BCUT2D eigenvalue weighted by Crippen LogP contribution is -2.51. The number of hydrogen-bond donors (Lipinski definition) is 2. The van der Waals surface area contributed by atoms with Crippen molar-refractivity contribution in [1.82, 2.24) is 15.6 Å². The van der Waals surface area contributed by atoms with Gasteiger partial charge in [-0.2, -0.15) is 0 Å². The van der Waals surface area contributed by atoms with Crippen molar-refractivity contribution < 1.29 is 4.74 Å². The molecule has 0 saturated carbocycles. The Morgan fingerprint density at radius 2 is 2.35 bits per heavy atom. The minimum Gasteiger partial charge on any atom is -0.497 e. The summed E-state index contributed by atoms with van der Waals surface area (Å²) in [4.78, 5) is 12.4. The van der Waals surface area contributed by atoms with E-state index in [1.165, 1.54) is 10.6 Å². The molecule has 0 radical (unpaired) electrons. The third kappa shape index (κ3) is 4.88. The van der Waals surface area contributed by atoms with E-state index in [0.29, 0.717) is 12.6 Å². The van der Waals surface area contributed by atoms with Crippen LogP contribution in [0, 0.1) is 6.92 Å². The average molecular weight is 374 g/mol. The fourth-order valence-corrected chi connectivity index (χ4v) is 3.89. The molecule has 1 aromatic carbocycles. The molecule has 0 amide bonds. The van der Waals surface area contributed by atoms with Gasteiger partial charge in [-0.15, -0.1) is 11.3 Å². The van der Waals surface area contributed by atoms with Crippen molar-refractivity contribution in [2.45, 2.75) is 32.4 Å². The summed E-state index contributed by atoms with van der Waals surface area (Å²) in [5, 5.41) is 8.00. The molecule has 7 heteroatoms. The molecule has 1 aromatic heterocycles. The van der Waals surface area contributed by atoms with E-state index in [1.807, 2.05) is 25.4 Å². The van der Waals surface area contributed by atoms with Crippen LogP contribution < -0.4 is 20.3 Å². The van der Waals surface area contributed by atoms with E-state index in [9.17, 15) is 0 Å². The zero-order chi connectivity index (χ0) is 18.4. The van der Waals surface area contributed by atoms with E-state index >= 15 is 0 Å². The lowest BCUT2D eigenvalue weighted by atomic mass is 10.0. The molecule has 26 heavy (non-hydrogen) atoms. The minimum absolute atomic E-state index is 0.360. The molecule has 0 aliphatic carbocycles. The predicted octanol–water partition coefficient (Wildman–Crippen LogP) is 2.79. The second-order valence-corrected chi connectivity index (χ2v) is 7.74. The summed E-state index contributed by atoms with van der Waals surface area (Å²) in [6, 6.07) is 8.62. The Morgan fingerprint density at radius 3 is 3.08 bits per heavy atom. The van der Waals surface area contributed by atoms with Crippen molar-refractivity contribution in [3.05, 3.63) is 40.3 Å². The van der Waals surface area contributed by atoms with Crippen LogP contribution in [0.1, 0.15) is 22.7 Å². The number of piperidine rings is 1. The van der Waals surface area contributed by atoms with Gasteiger partial charge in [0.15, 0.2) is 5.96 Å². The smallest absolute Gasteiger partial charge is 0.191 e. The van der Waals surface area contributed by atoms with Gasteiger partial charge in [-0.05, 0) is 31.9 Å². The molecule has 0 bridgehead atoms. The van der Waals surface area contributed by atoms with Gasteiger partial charge in [0.1, 0.15) is 10.8 Å². The van der Waals surface area contributed by atoms with Crippen molar-refractivity contribution in [1.29, 1.82) is 0 Å². The van der Waals surface area contributed by atoms with Gasteiger partial charge in [0.25, 0.3) is 0 Å². The molecule has 1 saturated heterocycles. The van der Waals surface area contributed by atoms with Gasteiger partial charge >= 0.3 is 0 Å². The maximum absolute atomic E-state index is 5.35. The van der Waals surface area contributed by atoms with Crippen molar-refractivity contribution in [2.75, 3.05) is 32.1 Å². The Balaban J connectivity index is 1.56. The molecule has 1 unspecified atom stereocenters. The highest BCUT2D eigenvalue weighted by Crippen LogP contribution is 2.24. The van der Waals surface area contributed by atoms with E-state index in [2.05, 4.69) is 44.6 Å². The zero-order valence-corrected chi connectivity index (χ0v) is 16.5. The highest BCUT2D eigenvalue weighted by molar-refractivity contribution is 7.11. The van der Waals surface area contributed by atoms with Gasteiger partial charge in [0.2, 0.25) is 0 Å². The fourth-order valence-electron chi connectivity index (χ4n) is 3.17. The number of aromatic nitrogens is 1. The normalized spacial score (nSPS) is 17.9. The Hall–Kier alpha value is -2.28. The molecule has 0 spiro atoms. The van der Waals surface area contributed by atoms with Crippen LogP contribution in [0.4, 0.5) is 5.69 Å². The second kappa shape index (κ2) is 8.89. The fraction of sp³-hybridized carbons (Fsp3) is 0.474. The van der Waals surface area contributed by atoms with Gasteiger partial charge in [0.05, 0.1) is 13.7 Å². The Kier molecular flexibility index (Phi) is 6.33. The van der Waals surface area contributed by atoms with Gasteiger partial charge in [-0.1, -0.05) is 6.07 Å². The van der Waals surface area contributed by atoms with Crippen LogP contribution in [0.25, 0.3) is 0 Å². The van der Waals surface area contributed by atoms with E-state index < -0.39 is 0 Å². The summed E-state index contributed by atoms with van der Waals surface area (Å²) in [5.41, 5.74) is 1.21. The summed E-state index contributed by atoms with van der Waals surface area (Å²) < 4.78 is 5.35. The van der Waals surface area contributed by atoms with E-state index in [1.54, 1.807) is 18.4 Å². The van der Waals surface area contributed by atoms with Crippen molar-refractivity contribution in [2.24, 2.45) is 4.99 Å². The number of ether oxygens (including phenoxy) is 1. The van der Waals surface area contributed by atoms with Crippen LogP contribution >= 0.6 is 11.3 Å². The highest BCUT2D eigenvalue weighted by Gasteiger charge is 2.21. The summed E-state index contributed by atoms with van der Waals surface area (Å²) in [7, 11) is 3.52. The molecule has 6 nitrogen and oxygen atoms in total. The standard InChI is InChI=1S/C19H27N5OS/c1-14-11-21-18(26-14)12-22-19(20-2)23-15-6-5-9-24(13-15)16-7-4-8-17(10-16)25-3/h4,7-8,10-11,15H,5-6,9,12-13H2,1-3H3,(H2,20,22,23). The Labute approximate surface area is 159 Å². The van der Waals surface area contributed by atoms with E-state index in [-0.39, 0.29) is 0 Å². The number of thiazole rings is 1. The SMILES string of the molecule is CN=C(NCc1ncc(C)s1)NC1CCCN(c2cccc(OC)c2)C1. The Morgan fingerprint density at radius 1 is 1.46 bits per heavy atom. The molecule has 1 atom stereocenters.